The Morgan fingerprint density at radius 2 is 1.92 bits per heavy atom. The Balaban J connectivity index is 0.000000396. The van der Waals surface area contributed by atoms with Crippen molar-refractivity contribution in [1.82, 2.24) is 9.66 Å². The highest BCUT2D eigenvalue weighted by atomic mass is 15.4. The van der Waals surface area contributed by atoms with Crippen molar-refractivity contribution in [3.05, 3.63) is 17.7 Å². The van der Waals surface area contributed by atoms with Crippen LogP contribution in [0.2, 0.25) is 0 Å². The summed E-state index contributed by atoms with van der Waals surface area (Å²) in [4.78, 5) is 4.34. The maximum absolute atomic E-state index is 4.34. The van der Waals surface area contributed by atoms with Crippen LogP contribution in [-0.2, 0) is 6.42 Å². The molecule has 0 unspecified atom stereocenters. The Morgan fingerprint density at radius 1 is 1.23 bits per heavy atom. The zero-order valence-corrected chi connectivity index (χ0v) is 8.83. The van der Waals surface area contributed by atoms with E-state index in [1.165, 1.54) is 5.71 Å². The van der Waals surface area contributed by atoms with Crippen LogP contribution >= 0.6 is 0 Å². The number of rotatable bonds is 0. The summed E-state index contributed by atoms with van der Waals surface area (Å²) in [6.45, 7) is 8.05. The van der Waals surface area contributed by atoms with Crippen LogP contribution in [0.4, 0.5) is 0 Å². The highest BCUT2D eigenvalue weighted by molar-refractivity contribution is 5.82. The van der Waals surface area contributed by atoms with Gasteiger partial charge in [0.15, 0.2) is 0 Å². The molecule has 3 nitrogen and oxygen atoms in total. The molecule has 13 heavy (non-hydrogen) atoms. The predicted molar refractivity (Wildman–Crippen MR) is 55.1 cm³/mol. The van der Waals surface area contributed by atoms with Crippen LogP contribution in [0.3, 0.4) is 0 Å². The largest absolute Gasteiger partial charge is 0.237 e. The van der Waals surface area contributed by atoms with Crippen molar-refractivity contribution in [3.63, 3.8) is 0 Å². The van der Waals surface area contributed by atoms with E-state index in [4.69, 9.17) is 0 Å². The lowest BCUT2D eigenvalue weighted by molar-refractivity contribution is 0.729. The molecule has 1 aliphatic heterocycles. The average Bonchev–Trinajstić information content (AvgIpc) is 2.48. The van der Waals surface area contributed by atoms with Gasteiger partial charge in [-0.3, -0.25) is 0 Å². The standard InChI is InChI=1S/C8H11N3.C2H6/c1-6-3-4-8-9-7(2)5-11(8)10-6;1-2/h5H,3-4H2,1-2H3;1-2H3. The van der Waals surface area contributed by atoms with Crippen molar-refractivity contribution in [2.75, 3.05) is 0 Å². The molecule has 0 aromatic carbocycles. The second-order valence-corrected chi connectivity index (χ2v) is 2.98. The van der Waals surface area contributed by atoms with Crippen molar-refractivity contribution in [2.45, 2.75) is 40.5 Å². The third-order valence-corrected chi connectivity index (χ3v) is 1.87. The van der Waals surface area contributed by atoms with Crippen molar-refractivity contribution in [3.8, 4) is 0 Å². The van der Waals surface area contributed by atoms with Gasteiger partial charge in [0.2, 0.25) is 0 Å². The quantitative estimate of drug-likeness (QED) is 0.601. The molecule has 1 aliphatic rings. The second-order valence-electron chi connectivity index (χ2n) is 2.98. The Kier molecular flexibility index (Phi) is 3.23. The van der Waals surface area contributed by atoms with Crippen LogP contribution in [0.1, 0.15) is 38.7 Å². The zero-order chi connectivity index (χ0) is 9.84. The first kappa shape index (κ1) is 9.96. The van der Waals surface area contributed by atoms with Gasteiger partial charge in [0.25, 0.3) is 0 Å². The molecular weight excluding hydrogens is 162 g/mol. The number of fused-ring (bicyclic) bond motifs is 1. The number of imidazole rings is 1. The topological polar surface area (TPSA) is 30.2 Å². The van der Waals surface area contributed by atoms with E-state index in [-0.39, 0.29) is 0 Å². The molecule has 0 saturated carbocycles. The summed E-state index contributed by atoms with van der Waals surface area (Å²) in [5.74, 6) is 1.09. The minimum Gasteiger partial charge on any atom is -0.237 e. The minimum atomic E-state index is 1.03. The van der Waals surface area contributed by atoms with Crippen LogP contribution in [0.25, 0.3) is 0 Å². The molecule has 0 radical (unpaired) electrons. The lowest BCUT2D eigenvalue weighted by Gasteiger charge is -2.08. The van der Waals surface area contributed by atoms with Crippen LogP contribution < -0.4 is 0 Å². The summed E-state index contributed by atoms with van der Waals surface area (Å²) in [6, 6.07) is 0. The van der Waals surface area contributed by atoms with Crippen LogP contribution in [0.15, 0.2) is 11.3 Å². The number of hydrogen-bond acceptors (Lipinski definition) is 2. The van der Waals surface area contributed by atoms with Crippen molar-refractivity contribution in [1.29, 1.82) is 0 Å². The van der Waals surface area contributed by atoms with Gasteiger partial charge >= 0.3 is 0 Å². The monoisotopic (exact) mass is 179 g/mol. The molecule has 2 rings (SSSR count). The smallest absolute Gasteiger partial charge is 0.130 e. The van der Waals surface area contributed by atoms with Crippen molar-refractivity contribution in [2.24, 2.45) is 5.10 Å². The first-order valence-corrected chi connectivity index (χ1v) is 4.85. The Labute approximate surface area is 79.5 Å². The molecule has 0 spiro atoms. The Bertz CT molecular complexity index is 310. The Morgan fingerprint density at radius 3 is 2.62 bits per heavy atom. The normalized spacial score (nSPS) is 14.0. The van der Waals surface area contributed by atoms with Gasteiger partial charge in [-0.1, -0.05) is 13.8 Å². The number of hydrogen-bond donors (Lipinski definition) is 0. The third kappa shape index (κ3) is 2.17. The van der Waals surface area contributed by atoms with E-state index < -0.39 is 0 Å². The van der Waals surface area contributed by atoms with Crippen LogP contribution in [0.5, 0.6) is 0 Å². The molecule has 1 aromatic rings. The van der Waals surface area contributed by atoms with E-state index in [0.29, 0.717) is 0 Å². The summed E-state index contributed by atoms with van der Waals surface area (Å²) >= 11 is 0. The van der Waals surface area contributed by atoms with Gasteiger partial charge in [-0.25, -0.2) is 9.66 Å². The maximum atomic E-state index is 4.34. The third-order valence-electron chi connectivity index (χ3n) is 1.87. The second kappa shape index (κ2) is 4.21. The zero-order valence-electron chi connectivity index (χ0n) is 8.83. The summed E-state index contributed by atoms with van der Waals surface area (Å²) in [7, 11) is 0. The van der Waals surface area contributed by atoms with Crippen molar-refractivity contribution < 1.29 is 0 Å². The maximum Gasteiger partial charge on any atom is 0.130 e. The van der Waals surface area contributed by atoms with Crippen molar-refractivity contribution >= 4 is 5.71 Å². The van der Waals surface area contributed by atoms with E-state index in [0.717, 1.165) is 24.4 Å². The van der Waals surface area contributed by atoms with Gasteiger partial charge in [-0.2, -0.15) is 5.10 Å². The van der Waals surface area contributed by atoms with E-state index in [1.54, 1.807) is 0 Å². The average molecular weight is 179 g/mol. The lowest BCUT2D eigenvalue weighted by Crippen LogP contribution is -2.09. The van der Waals surface area contributed by atoms with E-state index in [1.807, 2.05) is 31.6 Å². The van der Waals surface area contributed by atoms with Gasteiger partial charge in [-0.05, 0) is 20.3 Å². The first-order valence-electron chi connectivity index (χ1n) is 4.85. The van der Waals surface area contributed by atoms with Gasteiger partial charge in [0, 0.05) is 12.1 Å². The predicted octanol–water partition coefficient (Wildman–Crippen LogP) is 2.39. The number of nitrogens with zero attached hydrogens (tertiary/aromatic N) is 3. The molecule has 2 heterocycles. The van der Waals surface area contributed by atoms with Gasteiger partial charge in [-0.15, -0.1) is 0 Å². The Hall–Kier alpha value is -1.12. The summed E-state index contributed by atoms with van der Waals surface area (Å²) in [5, 5.41) is 4.34. The summed E-state index contributed by atoms with van der Waals surface area (Å²) in [6.07, 6.45) is 4.05. The highest BCUT2D eigenvalue weighted by Gasteiger charge is 2.09. The van der Waals surface area contributed by atoms with E-state index >= 15 is 0 Å². The molecule has 0 N–H and O–H groups in total. The first-order chi connectivity index (χ1) is 6.25. The fraction of sp³-hybridized carbons (Fsp3) is 0.600. The molecular formula is C10H17N3. The SMILES string of the molecule is CC.CC1=Nn2cc(C)nc2CC1. The summed E-state index contributed by atoms with van der Waals surface area (Å²) in [5.41, 5.74) is 2.24. The van der Waals surface area contributed by atoms with Crippen LogP contribution in [0, 0.1) is 6.92 Å². The fourth-order valence-corrected chi connectivity index (χ4v) is 1.32. The van der Waals surface area contributed by atoms with Gasteiger partial charge in [0.05, 0.1) is 11.9 Å². The summed E-state index contributed by atoms with van der Waals surface area (Å²) < 4.78 is 1.88. The van der Waals surface area contributed by atoms with Crippen LogP contribution in [-0.4, -0.2) is 15.4 Å². The number of aryl methyl sites for hydroxylation is 2. The molecule has 3 heteroatoms. The van der Waals surface area contributed by atoms with E-state index in [9.17, 15) is 0 Å². The van der Waals surface area contributed by atoms with Gasteiger partial charge < -0.3 is 0 Å². The lowest BCUT2D eigenvalue weighted by atomic mass is 10.2. The minimum absolute atomic E-state index is 1.03. The molecule has 0 amide bonds. The number of aromatic nitrogens is 2. The van der Waals surface area contributed by atoms with E-state index in [2.05, 4.69) is 17.0 Å². The molecule has 1 aromatic heterocycles. The van der Waals surface area contributed by atoms with Gasteiger partial charge in [0.1, 0.15) is 5.82 Å². The highest BCUT2D eigenvalue weighted by Crippen LogP contribution is 2.10. The molecule has 0 fully saturated rings. The molecule has 0 aliphatic carbocycles. The molecule has 72 valence electrons. The molecule has 0 bridgehead atoms. The molecule has 0 saturated heterocycles. The molecule has 0 atom stereocenters. The fourth-order valence-electron chi connectivity index (χ4n) is 1.32.